The van der Waals surface area contributed by atoms with E-state index in [1.54, 1.807) is 23.1 Å². The minimum absolute atomic E-state index is 0. The van der Waals surface area contributed by atoms with Gasteiger partial charge in [-0.3, -0.25) is 4.99 Å². The summed E-state index contributed by atoms with van der Waals surface area (Å²) in [6, 6.07) is 6.04. The van der Waals surface area contributed by atoms with Gasteiger partial charge in [0.2, 0.25) is 6.79 Å². The van der Waals surface area contributed by atoms with Crippen molar-refractivity contribution in [2.75, 3.05) is 33.2 Å². The summed E-state index contributed by atoms with van der Waals surface area (Å²) < 4.78 is 11.9. The second kappa shape index (κ2) is 10.8. The Morgan fingerprint density at radius 3 is 3.00 bits per heavy atom. The molecule has 26 heavy (non-hydrogen) atoms. The molecular weight excluding hydrogens is 483 g/mol. The van der Waals surface area contributed by atoms with E-state index in [1.165, 1.54) is 0 Å². The van der Waals surface area contributed by atoms with Crippen LogP contribution in [0.2, 0.25) is 0 Å². The molecule has 1 aromatic carbocycles. The molecule has 0 bridgehead atoms. The number of hydrogen-bond acceptors (Lipinski definition) is 6. The molecule has 1 aliphatic heterocycles. The van der Waals surface area contributed by atoms with E-state index in [1.807, 2.05) is 37.8 Å². The third-order valence-electron chi connectivity index (χ3n) is 3.67. The molecule has 0 radical (unpaired) electrons. The number of aliphatic imine (C=N–C) groups is 1. The van der Waals surface area contributed by atoms with Crippen molar-refractivity contribution in [2.24, 2.45) is 4.99 Å². The molecule has 0 aliphatic carbocycles. The van der Waals surface area contributed by atoms with Crippen LogP contribution in [0, 0.1) is 0 Å². The van der Waals surface area contributed by atoms with Gasteiger partial charge in [0.15, 0.2) is 17.5 Å². The number of aromatic nitrogens is 1. The maximum Gasteiger partial charge on any atom is 0.231 e. The Hall–Kier alpha value is -1.20. The molecule has 2 aromatic rings. The predicted molar refractivity (Wildman–Crippen MR) is 118 cm³/mol. The van der Waals surface area contributed by atoms with Gasteiger partial charge >= 0.3 is 0 Å². The van der Waals surface area contributed by atoms with Crippen molar-refractivity contribution in [2.45, 2.75) is 17.3 Å². The molecule has 1 N–H and O–H groups in total. The Kier molecular flexibility index (Phi) is 8.79. The molecule has 2 heterocycles. The topological polar surface area (TPSA) is 59.0 Å². The smallest absolute Gasteiger partial charge is 0.231 e. The summed E-state index contributed by atoms with van der Waals surface area (Å²) in [5, 5.41) is 5.42. The van der Waals surface area contributed by atoms with Crippen molar-refractivity contribution in [3.8, 4) is 11.5 Å². The van der Waals surface area contributed by atoms with Crippen LogP contribution in [-0.2, 0) is 6.54 Å². The third kappa shape index (κ3) is 5.92. The maximum absolute atomic E-state index is 5.44. The van der Waals surface area contributed by atoms with Gasteiger partial charge < -0.3 is 19.7 Å². The Morgan fingerprint density at radius 2 is 2.23 bits per heavy atom. The fraction of sp³-hybridized carbons (Fsp3) is 0.412. The minimum atomic E-state index is 0. The van der Waals surface area contributed by atoms with Crippen molar-refractivity contribution in [3.05, 3.63) is 35.3 Å². The van der Waals surface area contributed by atoms with Crippen LogP contribution in [0.3, 0.4) is 0 Å². The Labute approximate surface area is 179 Å². The summed E-state index contributed by atoms with van der Waals surface area (Å²) >= 11 is 3.48. The lowest BCUT2D eigenvalue weighted by molar-refractivity contribution is 0.174. The zero-order valence-electron chi connectivity index (χ0n) is 14.8. The number of ether oxygens (including phenoxy) is 2. The lowest BCUT2D eigenvalue weighted by Crippen LogP contribution is -2.39. The lowest BCUT2D eigenvalue weighted by atomic mass is 10.2. The van der Waals surface area contributed by atoms with E-state index in [-0.39, 0.29) is 24.0 Å². The molecule has 0 saturated heterocycles. The summed E-state index contributed by atoms with van der Waals surface area (Å²) in [7, 11) is 3.84. The summed E-state index contributed by atoms with van der Waals surface area (Å²) in [5.74, 6) is 3.56. The molecule has 6 nitrogen and oxygen atoms in total. The minimum Gasteiger partial charge on any atom is -0.454 e. The van der Waals surface area contributed by atoms with E-state index < -0.39 is 0 Å². The lowest BCUT2D eigenvalue weighted by Gasteiger charge is -2.22. The number of rotatable bonds is 7. The molecule has 0 amide bonds. The van der Waals surface area contributed by atoms with E-state index in [0.717, 1.165) is 52.6 Å². The largest absolute Gasteiger partial charge is 0.454 e. The first-order chi connectivity index (χ1) is 12.3. The van der Waals surface area contributed by atoms with Crippen LogP contribution in [0.25, 0.3) is 0 Å². The predicted octanol–water partition coefficient (Wildman–Crippen LogP) is 3.68. The van der Waals surface area contributed by atoms with Crippen LogP contribution in [-0.4, -0.2) is 49.0 Å². The summed E-state index contributed by atoms with van der Waals surface area (Å²) in [6.07, 6.45) is 2.90. The summed E-state index contributed by atoms with van der Waals surface area (Å²) in [6.45, 7) is 1.94. The Bertz CT molecular complexity index is 713. The second-order valence-electron chi connectivity index (χ2n) is 5.52. The van der Waals surface area contributed by atoms with E-state index in [4.69, 9.17) is 9.47 Å². The number of guanidine groups is 1. The number of benzene rings is 1. The summed E-state index contributed by atoms with van der Waals surface area (Å²) in [4.78, 5) is 10.7. The fourth-order valence-corrected chi connectivity index (χ4v) is 4.13. The molecule has 0 unspecified atom stereocenters. The molecule has 1 aromatic heterocycles. The SMILES string of the molecule is CN=C(NCCCSc1nccs1)N(C)Cc1ccc2c(c1)OCO2.I. The van der Waals surface area contributed by atoms with E-state index >= 15 is 0 Å². The van der Waals surface area contributed by atoms with E-state index in [0.29, 0.717) is 6.79 Å². The number of nitrogens with one attached hydrogen (secondary N) is 1. The van der Waals surface area contributed by atoms with Gasteiger partial charge in [0.25, 0.3) is 0 Å². The normalized spacial score (nSPS) is 12.6. The number of thiazole rings is 1. The highest BCUT2D eigenvalue weighted by molar-refractivity contribution is 14.0. The summed E-state index contributed by atoms with van der Waals surface area (Å²) in [5.41, 5.74) is 1.16. The molecule has 142 valence electrons. The average Bonchev–Trinajstić information content (AvgIpc) is 3.29. The van der Waals surface area contributed by atoms with Gasteiger partial charge in [0, 0.05) is 44.5 Å². The highest BCUT2D eigenvalue weighted by Crippen LogP contribution is 2.32. The van der Waals surface area contributed by atoms with Gasteiger partial charge in [-0.2, -0.15) is 0 Å². The number of halogens is 1. The molecular formula is C17H23IN4O2S2. The Balaban J connectivity index is 0.00000243. The number of hydrogen-bond donors (Lipinski definition) is 1. The molecule has 9 heteroatoms. The van der Waals surface area contributed by atoms with Crippen LogP contribution in [0.15, 0.2) is 39.1 Å². The monoisotopic (exact) mass is 506 g/mol. The molecule has 0 fully saturated rings. The first kappa shape index (κ1) is 21.1. The number of thioether (sulfide) groups is 1. The highest BCUT2D eigenvalue weighted by atomic mass is 127. The number of fused-ring (bicyclic) bond motifs is 1. The van der Waals surface area contributed by atoms with E-state index in [9.17, 15) is 0 Å². The molecule has 1 aliphatic rings. The fourth-order valence-electron chi connectivity index (χ4n) is 2.49. The highest BCUT2D eigenvalue weighted by Gasteiger charge is 2.14. The van der Waals surface area contributed by atoms with Crippen LogP contribution in [0.1, 0.15) is 12.0 Å². The van der Waals surface area contributed by atoms with Crippen LogP contribution >= 0.6 is 47.1 Å². The van der Waals surface area contributed by atoms with Gasteiger partial charge in [0.05, 0.1) is 0 Å². The van der Waals surface area contributed by atoms with Crippen molar-refractivity contribution >= 4 is 53.0 Å². The van der Waals surface area contributed by atoms with Crippen molar-refractivity contribution in [1.82, 2.24) is 15.2 Å². The zero-order valence-corrected chi connectivity index (χ0v) is 18.8. The van der Waals surface area contributed by atoms with Gasteiger partial charge in [-0.25, -0.2) is 4.98 Å². The second-order valence-corrected chi connectivity index (χ2v) is 7.75. The van der Waals surface area contributed by atoms with Gasteiger partial charge in [-0.15, -0.1) is 35.3 Å². The van der Waals surface area contributed by atoms with Crippen molar-refractivity contribution in [3.63, 3.8) is 0 Å². The average molecular weight is 506 g/mol. The Morgan fingerprint density at radius 1 is 1.38 bits per heavy atom. The van der Waals surface area contributed by atoms with Gasteiger partial charge in [-0.05, 0) is 24.1 Å². The maximum atomic E-state index is 5.44. The van der Waals surface area contributed by atoms with Crippen LogP contribution in [0.4, 0.5) is 0 Å². The standard InChI is InChI=1S/C17H22N4O2S2.HI/c1-18-16(19-6-3-8-24-17-20-7-9-25-17)21(2)11-13-4-5-14-15(10-13)23-12-22-14;/h4-5,7,9-10H,3,6,8,11-12H2,1-2H3,(H,18,19);1H. The first-order valence-electron chi connectivity index (χ1n) is 8.09. The molecule has 0 atom stereocenters. The molecule has 3 rings (SSSR count). The number of nitrogens with zero attached hydrogens (tertiary/aromatic N) is 3. The first-order valence-corrected chi connectivity index (χ1v) is 9.95. The van der Waals surface area contributed by atoms with Crippen molar-refractivity contribution < 1.29 is 9.47 Å². The van der Waals surface area contributed by atoms with E-state index in [2.05, 4.69) is 26.3 Å². The zero-order chi connectivity index (χ0) is 17.5. The van der Waals surface area contributed by atoms with Gasteiger partial charge in [0.1, 0.15) is 4.34 Å². The van der Waals surface area contributed by atoms with Gasteiger partial charge in [-0.1, -0.05) is 17.8 Å². The van der Waals surface area contributed by atoms with Crippen molar-refractivity contribution in [1.29, 1.82) is 0 Å². The third-order valence-corrected chi connectivity index (χ3v) is 5.72. The molecule has 0 saturated carbocycles. The van der Waals surface area contributed by atoms with Crippen LogP contribution < -0.4 is 14.8 Å². The quantitative estimate of drug-likeness (QED) is 0.203. The molecule has 0 spiro atoms. The van der Waals surface area contributed by atoms with Crippen LogP contribution in [0.5, 0.6) is 11.5 Å².